The van der Waals surface area contributed by atoms with Gasteiger partial charge in [-0.3, -0.25) is 4.79 Å². The van der Waals surface area contributed by atoms with Crippen molar-refractivity contribution in [1.29, 1.82) is 0 Å². The third-order valence-electron chi connectivity index (χ3n) is 6.22. The SMILES string of the molecule is Cc1cc(C)c(-c2cccc(-c3c(C)cc(C)cc3C)c2C(O)=CC(=O)C(C)(C)C)c(C)c1. The molecule has 3 rings (SSSR count). The number of hydrogen-bond acceptors (Lipinski definition) is 2. The highest BCUT2D eigenvalue weighted by Crippen LogP contribution is 2.41. The summed E-state index contributed by atoms with van der Waals surface area (Å²) in [4.78, 5) is 12.9. The van der Waals surface area contributed by atoms with Gasteiger partial charge < -0.3 is 5.11 Å². The Morgan fingerprint density at radius 2 is 1.09 bits per heavy atom. The average molecular weight is 441 g/mol. The number of benzene rings is 3. The van der Waals surface area contributed by atoms with Crippen LogP contribution in [0.5, 0.6) is 0 Å². The monoisotopic (exact) mass is 440 g/mol. The molecule has 172 valence electrons. The van der Waals surface area contributed by atoms with Gasteiger partial charge in [0.15, 0.2) is 5.78 Å². The molecule has 0 radical (unpaired) electrons. The summed E-state index contributed by atoms with van der Waals surface area (Å²) in [6.45, 7) is 18.2. The van der Waals surface area contributed by atoms with Gasteiger partial charge in [-0.15, -0.1) is 0 Å². The van der Waals surface area contributed by atoms with E-state index < -0.39 is 5.41 Å². The number of rotatable bonds is 4. The Labute approximate surface area is 199 Å². The van der Waals surface area contributed by atoms with E-state index in [1.54, 1.807) is 0 Å². The zero-order valence-electron chi connectivity index (χ0n) is 21.5. The van der Waals surface area contributed by atoms with Crippen LogP contribution in [0, 0.1) is 47.0 Å². The fourth-order valence-electron chi connectivity index (χ4n) is 4.87. The van der Waals surface area contributed by atoms with Crippen LogP contribution in [0.25, 0.3) is 28.0 Å². The highest BCUT2D eigenvalue weighted by molar-refractivity contribution is 6.02. The first-order valence-corrected chi connectivity index (χ1v) is 11.6. The molecule has 0 fully saturated rings. The van der Waals surface area contributed by atoms with Gasteiger partial charge in [0.2, 0.25) is 0 Å². The van der Waals surface area contributed by atoms with Crippen LogP contribution in [0.15, 0.2) is 48.5 Å². The lowest BCUT2D eigenvalue weighted by atomic mass is 9.83. The zero-order valence-corrected chi connectivity index (χ0v) is 21.5. The van der Waals surface area contributed by atoms with E-state index >= 15 is 0 Å². The highest BCUT2D eigenvalue weighted by atomic mass is 16.3. The standard InChI is InChI=1S/C31H36O2/c1-18-13-20(3)28(21(4)14-18)24-11-10-12-25(29-22(5)15-19(2)16-23(29)6)30(24)26(32)17-27(33)31(7,8)9/h10-17,32H,1-9H3. The van der Waals surface area contributed by atoms with Crippen LogP contribution >= 0.6 is 0 Å². The molecule has 3 aromatic carbocycles. The predicted octanol–water partition coefficient (Wildman–Crippen LogP) is 8.39. The molecular formula is C31H36O2. The number of ketones is 1. The largest absolute Gasteiger partial charge is 0.507 e. The minimum absolute atomic E-state index is 0.0132. The van der Waals surface area contributed by atoms with E-state index in [1.807, 2.05) is 39.0 Å². The van der Waals surface area contributed by atoms with Gasteiger partial charge in [-0.2, -0.15) is 0 Å². The molecule has 0 saturated heterocycles. The summed E-state index contributed by atoms with van der Waals surface area (Å²) in [5, 5.41) is 11.5. The second-order valence-corrected chi connectivity index (χ2v) is 10.4. The van der Waals surface area contributed by atoms with E-state index in [-0.39, 0.29) is 11.5 Å². The lowest BCUT2D eigenvalue weighted by Gasteiger charge is -2.22. The van der Waals surface area contributed by atoms with Crippen LogP contribution in [0.4, 0.5) is 0 Å². The fraction of sp³-hybridized carbons (Fsp3) is 0.323. The van der Waals surface area contributed by atoms with Gasteiger partial charge in [0.05, 0.1) is 0 Å². The Hall–Kier alpha value is -3.13. The van der Waals surface area contributed by atoms with Crippen molar-refractivity contribution in [1.82, 2.24) is 0 Å². The van der Waals surface area contributed by atoms with Gasteiger partial charge in [-0.1, -0.05) is 74.4 Å². The number of aliphatic hydroxyl groups excluding tert-OH is 1. The maximum absolute atomic E-state index is 12.9. The van der Waals surface area contributed by atoms with E-state index in [0.29, 0.717) is 5.56 Å². The number of carbonyl (C=O) groups is 1. The topological polar surface area (TPSA) is 37.3 Å². The summed E-state index contributed by atoms with van der Waals surface area (Å²) >= 11 is 0. The first-order valence-electron chi connectivity index (χ1n) is 11.6. The van der Waals surface area contributed by atoms with Crippen molar-refractivity contribution in [3.05, 3.63) is 87.5 Å². The number of aliphatic hydroxyl groups is 1. The van der Waals surface area contributed by atoms with Gasteiger partial charge in [0, 0.05) is 17.1 Å². The first-order chi connectivity index (χ1) is 15.3. The van der Waals surface area contributed by atoms with Crippen LogP contribution in [-0.4, -0.2) is 10.9 Å². The Bertz CT molecular complexity index is 1140. The third-order valence-corrected chi connectivity index (χ3v) is 6.22. The molecule has 2 nitrogen and oxygen atoms in total. The molecule has 33 heavy (non-hydrogen) atoms. The average Bonchev–Trinajstić information content (AvgIpc) is 2.65. The van der Waals surface area contributed by atoms with Crippen molar-refractivity contribution in [2.45, 2.75) is 62.3 Å². The molecule has 0 aliphatic heterocycles. The summed E-state index contributed by atoms with van der Waals surface area (Å²) < 4.78 is 0. The lowest BCUT2D eigenvalue weighted by molar-refractivity contribution is -0.121. The number of aryl methyl sites for hydroxylation is 6. The van der Waals surface area contributed by atoms with Crippen LogP contribution in [0.1, 0.15) is 59.7 Å². The molecule has 0 unspecified atom stereocenters. The number of allylic oxidation sites excluding steroid dienone is 1. The molecule has 0 aliphatic carbocycles. The number of hydrogen-bond donors (Lipinski definition) is 1. The summed E-state index contributed by atoms with van der Waals surface area (Å²) in [7, 11) is 0. The van der Waals surface area contributed by atoms with Gasteiger partial charge >= 0.3 is 0 Å². The normalized spacial score (nSPS) is 12.2. The van der Waals surface area contributed by atoms with Gasteiger partial charge in [-0.05, 0) is 86.1 Å². The minimum Gasteiger partial charge on any atom is -0.507 e. The fourth-order valence-corrected chi connectivity index (χ4v) is 4.87. The molecule has 0 aliphatic rings. The number of carbonyl (C=O) groups excluding carboxylic acids is 1. The molecule has 0 saturated carbocycles. The summed E-state index contributed by atoms with van der Waals surface area (Å²) in [5.74, 6) is -0.0882. The van der Waals surface area contributed by atoms with Crippen LogP contribution in [0.3, 0.4) is 0 Å². The van der Waals surface area contributed by atoms with Crippen molar-refractivity contribution in [2.75, 3.05) is 0 Å². The highest BCUT2D eigenvalue weighted by Gasteiger charge is 2.24. The summed E-state index contributed by atoms with van der Waals surface area (Å²) in [6.07, 6.45) is 1.40. The molecule has 0 aromatic heterocycles. The maximum Gasteiger partial charge on any atom is 0.164 e. The molecule has 3 aromatic rings. The van der Waals surface area contributed by atoms with Crippen molar-refractivity contribution in [3.8, 4) is 22.3 Å². The molecule has 0 amide bonds. The molecule has 0 bridgehead atoms. The van der Waals surface area contributed by atoms with Crippen molar-refractivity contribution < 1.29 is 9.90 Å². The first kappa shape index (κ1) is 24.5. The van der Waals surface area contributed by atoms with E-state index in [0.717, 1.165) is 44.5 Å². The lowest BCUT2D eigenvalue weighted by Crippen LogP contribution is -2.18. The molecule has 1 N–H and O–H groups in total. The van der Waals surface area contributed by atoms with Crippen LogP contribution in [0.2, 0.25) is 0 Å². The zero-order chi connectivity index (χ0) is 24.7. The maximum atomic E-state index is 12.9. The quantitative estimate of drug-likeness (QED) is 0.327. The summed E-state index contributed by atoms with van der Waals surface area (Å²) in [5.41, 5.74) is 11.2. The van der Waals surface area contributed by atoms with E-state index in [2.05, 4.69) is 65.8 Å². The Morgan fingerprint density at radius 3 is 1.42 bits per heavy atom. The van der Waals surface area contributed by atoms with Crippen molar-refractivity contribution >= 4 is 11.5 Å². The van der Waals surface area contributed by atoms with E-state index in [9.17, 15) is 9.90 Å². The van der Waals surface area contributed by atoms with Gasteiger partial charge in [0.25, 0.3) is 0 Å². The van der Waals surface area contributed by atoms with Crippen LogP contribution < -0.4 is 0 Å². The molecular weight excluding hydrogens is 404 g/mol. The Balaban J connectivity index is 2.44. The van der Waals surface area contributed by atoms with Crippen LogP contribution in [-0.2, 0) is 4.79 Å². The Morgan fingerprint density at radius 1 is 0.727 bits per heavy atom. The predicted molar refractivity (Wildman–Crippen MR) is 141 cm³/mol. The summed E-state index contributed by atoms with van der Waals surface area (Å²) in [6, 6.07) is 14.8. The molecule has 0 atom stereocenters. The molecule has 0 spiro atoms. The van der Waals surface area contributed by atoms with Crippen molar-refractivity contribution in [2.24, 2.45) is 5.41 Å². The second-order valence-electron chi connectivity index (χ2n) is 10.4. The van der Waals surface area contributed by atoms with Gasteiger partial charge in [0.1, 0.15) is 5.76 Å². The smallest absolute Gasteiger partial charge is 0.164 e. The minimum atomic E-state index is -0.575. The van der Waals surface area contributed by atoms with Crippen molar-refractivity contribution in [3.63, 3.8) is 0 Å². The Kier molecular flexibility index (Phi) is 6.70. The van der Waals surface area contributed by atoms with E-state index in [1.165, 1.54) is 17.2 Å². The van der Waals surface area contributed by atoms with E-state index in [4.69, 9.17) is 0 Å². The molecule has 0 heterocycles. The molecule has 2 heteroatoms. The third kappa shape index (κ3) is 4.95. The second kappa shape index (κ2) is 9.02. The van der Waals surface area contributed by atoms with Gasteiger partial charge in [-0.25, -0.2) is 0 Å².